The number of nitrogens with zero attached hydrogens (tertiary/aromatic N) is 2. The number of aromatic nitrogens is 2. The highest BCUT2D eigenvalue weighted by molar-refractivity contribution is 7.18. The fourth-order valence-corrected chi connectivity index (χ4v) is 4.35. The lowest BCUT2D eigenvalue weighted by molar-refractivity contribution is 0.0563. The van der Waals surface area contributed by atoms with Crippen LogP contribution in [0.3, 0.4) is 0 Å². The zero-order chi connectivity index (χ0) is 21.4. The van der Waals surface area contributed by atoms with Gasteiger partial charge < -0.3 is 9.15 Å². The average molecular weight is 426 g/mol. The van der Waals surface area contributed by atoms with Gasteiger partial charge in [0.15, 0.2) is 0 Å². The van der Waals surface area contributed by atoms with E-state index in [2.05, 4.69) is 9.72 Å². The maximum atomic E-state index is 14.3. The van der Waals surface area contributed by atoms with Crippen molar-refractivity contribution in [2.45, 2.75) is 26.8 Å². The minimum absolute atomic E-state index is 0.0489. The van der Waals surface area contributed by atoms with Crippen molar-refractivity contribution in [3.63, 3.8) is 0 Å². The molecule has 8 heteroatoms. The molecule has 3 heterocycles. The van der Waals surface area contributed by atoms with Gasteiger partial charge in [0.25, 0.3) is 5.56 Å². The van der Waals surface area contributed by atoms with E-state index in [0.29, 0.717) is 27.4 Å². The van der Waals surface area contributed by atoms with Gasteiger partial charge in [-0.2, -0.15) is 0 Å². The number of benzene rings is 1. The number of esters is 1. The summed E-state index contributed by atoms with van der Waals surface area (Å²) in [5.74, 6) is -0.0818. The Morgan fingerprint density at radius 3 is 2.73 bits per heavy atom. The molecule has 4 aromatic rings. The van der Waals surface area contributed by atoms with Gasteiger partial charge in [-0.15, -0.1) is 11.3 Å². The van der Waals surface area contributed by atoms with Gasteiger partial charge in [-0.1, -0.05) is 18.2 Å². The number of carbonyl (C=O) groups excluding carboxylic acids is 1. The first-order valence-corrected chi connectivity index (χ1v) is 10.1. The third-order valence-electron chi connectivity index (χ3n) is 5.04. The Morgan fingerprint density at radius 1 is 1.23 bits per heavy atom. The smallest absolute Gasteiger partial charge is 0.373 e. The molecular weight excluding hydrogens is 407 g/mol. The highest BCUT2D eigenvalue weighted by Crippen LogP contribution is 2.27. The normalized spacial score (nSPS) is 11.2. The van der Waals surface area contributed by atoms with Crippen LogP contribution in [0.1, 0.15) is 38.1 Å². The SMILES string of the molecule is COC(=O)c1ccc(Cn2c(Cc3ccccc3F)nc3sc(C)c(C)c3c2=O)o1. The lowest BCUT2D eigenvalue weighted by Crippen LogP contribution is -2.26. The van der Waals surface area contributed by atoms with Crippen LogP contribution in [0.5, 0.6) is 0 Å². The number of rotatable bonds is 5. The number of hydrogen-bond acceptors (Lipinski definition) is 6. The van der Waals surface area contributed by atoms with E-state index in [1.54, 1.807) is 24.3 Å². The Morgan fingerprint density at radius 2 is 2.00 bits per heavy atom. The molecule has 3 aromatic heterocycles. The molecule has 0 spiro atoms. The number of furan rings is 1. The van der Waals surface area contributed by atoms with Gasteiger partial charge in [0.1, 0.15) is 22.2 Å². The fraction of sp³-hybridized carbons (Fsp3) is 0.227. The third-order valence-corrected chi connectivity index (χ3v) is 6.14. The number of carbonyl (C=O) groups is 1. The summed E-state index contributed by atoms with van der Waals surface area (Å²) in [4.78, 5) is 31.4. The van der Waals surface area contributed by atoms with E-state index in [1.807, 2.05) is 13.8 Å². The number of thiophene rings is 1. The predicted octanol–water partition coefficient (Wildman–Crippen LogP) is 4.23. The Hall–Kier alpha value is -3.26. The molecule has 0 aliphatic rings. The van der Waals surface area contributed by atoms with E-state index in [0.717, 1.165) is 10.4 Å². The molecule has 30 heavy (non-hydrogen) atoms. The van der Waals surface area contributed by atoms with Gasteiger partial charge in [0, 0.05) is 11.3 Å². The van der Waals surface area contributed by atoms with Crippen LogP contribution in [0.25, 0.3) is 10.2 Å². The van der Waals surface area contributed by atoms with E-state index in [9.17, 15) is 14.0 Å². The summed E-state index contributed by atoms with van der Waals surface area (Å²) in [5, 5.41) is 0.550. The monoisotopic (exact) mass is 426 g/mol. The van der Waals surface area contributed by atoms with Crippen LogP contribution in [0.4, 0.5) is 4.39 Å². The fourth-order valence-electron chi connectivity index (χ4n) is 3.31. The summed E-state index contributed by atoms with van der Waals surface area (Å²) in [5.41, 5.74) is 1.11. The maximum Gasteiger partial charge on any atom is 0.373 e. The lowest BCUT2D eigenvalue weighted by atomic mass is 10.1. The zero-order valence-electron chi connectivity index (χ0n) is 16.7. The second kappa shape index (κ2) is 7.87. The number of fused-ring (bicyclic) bond motifs is 1. The van der Waals surface area contributed by atoms with E-state index in [1.165, 1.54) is 35.1 Å². The predicted molar refractivity (Wildman–Crippen MR) is 112 cm³/mol. The number of hydrogen-bond donors (Lipinski definition) is 0. The standard InChI is InChI=1S/C22H19FN2O4S/c1-12-13(2)30-20-19(12)21(26)25(11-15-8-9-17(29-15)22(27)28-3)18(24-20)10-14-6-4-5-7-16(14)23/h4-9H,10-11H2,1-3H3. The van der Waals surface area contributed by atoms with E-state index in [4.69, 9.17) is 4.42 Å². The Balaban J connectivity index is 1.85. The molecule has 0 aliphatic heterocycles. The summed E-state index contributed by atoms with van der Waals surface area (Å²) >= 11 is 1.45. The highest BCUT2D eigenvalue weighted by atomic mass is 32.1. The van der Waals surface area contributed by atoms with Gasteiger partial charge in [0.2, 0.25) is 5.76 Å². The first-order valence-electron chi connectivity index (χ1n) is 9.29. The molecule has 6 nitrogen and oxygen atoms in total. The molecule has 0 saturated carbocycles. The largest absolute Gasteiger partial charge is 0.463 e. The molecule has 4 rings (SSSR count). The molecule has 154 valence electrons. The third kappa shape index (κ3) is 3.54. The van der Waals surface area contributed by atoms with E-state index < -0.39 is 5.97 Å². The molecule has 0 atom stereocenters. The van der Waals surface area contributed by atoms with Crippen molar-refractivity contribution in [1.29, 1.82) is 0 Å². The van der Waals surface area contributed by atoms with Crippen LogP contribution in [0, 0.1) is 19.7 Å². The van der Waals surface area contributed by atoms with Crippen molar-refractivity contribution in [3.8, 4) is 0 Å². The van der Waals surface area contributed by atoms with Gasteiger partial charge >= 0.3 is 5.97 Å². The molecule has 0 radical (unpaired) electrons. The highest BCUT2D eigenvalue weighted by Gasteiger charge is 2.19. The van der Waals surface area contributed by atoms with Crippen molar-refractivity contribution in [2.24, 2.45) is 0 Å². The number of methoxy groups -OCH3 is 1. The van der Waals surface area contributed by atoms with Gasteiger partial charge in [-0.25, -0.2) is 14.2 Å². The van der Waals surface area contributed by atoms with Crippen LogP contribution in [0.2, 0.25) is 0 Å². The second-order valence-corrected chi connectivity index (χ2v) is 8.11. The molecule has 0 fully saturated rings. The number of halogens is 1. The molecule has 1 aromatic carbocycles. The zero-order valence-corrected chi connectivity index (χ0v) is 17.5. The average Bonchev–Trinajstić information content (AvgIpc) is 3.30. The summed E-state index contributed by atoms with van der Waals surface area (Å²) in [7, 11) is 1.26. The topological polar surface area (TPSA) is 74.3 Å². The van der Waals surface area contributed by atoms with Crippen molar-refractivity contribution in [1.82, 2.24) is 9.55 Å². The Kier molecular flexibility index (Phi) is 5.26. The van der Waals surface area contributed by atoms with E-state index >= 15 is 0 Å². The number of ether oxygens (including phenoxy) is 1. The summed E-state index contributed by atoms with van der Waals surface area (Å²) in [6.45, 7) is 3.90. The van der Waals surface area contributed by atoms with Crippen molar-refractivity contribution >= 4 is 27.5 Å². The molecule has 0 N–H and O–H groups in total. The molecular formula is C22H19FN2O4S. The lowest BCUT2D eigenvalue weighted by Gasteiger charge is -2.12. The van der Waals surface area contributed by atoms with Crippen LogP contribution in [-0.4, -0.2) is 22.6 Å². The Labute approximate surface area is 175 Å². The molecule has 0 unspecified atom stereocenters. The quantitative estimate of drug-likeness (QED) is 0.447. The molecule has 0 saturated heterocycles. The van der Waals surface area contributed by atoms with Gasteiger partial charge in [-0.3, -0.25) is 9.36 Å². The summed E-state index contributed by atoms with van der Waals surface area (Å²) < 4.78 is 25.9. The van der Waals surface area contributed by atoms with Crippen LogP contribution in [0.15, 0.2) is 45.6 Å². The molecule has 0 bridgehead atoms. The molecule has 0 amide bonds. The van der Waals surface area contributed by atoms with Crippen LogP contribution in [-0.2, 0) is 17.7 Å². The van der Waals surface area contributed by atoms with Crippen LogP contribution < -0.4 is 5.56 Å². The first kappa shape index (κ1) is 20.0. The second-order valence-electron chi connectivity index (χ2n) is 6.91. The molecule has 0 aliphatic carbocycles. The first-order chi connectivity index (χ1) is 14.4. The number of aryl methyl sites for hydroxylation is 2. The minimum Gasteiger partial charge on any atom is -0.463 e. The van der Waals surface area contributed by atoms with Crippen molar-refractivity contribution in [2.75, 3.05) is 7.11 Å². The van der Waals surface area contributed by atoms with E-state index in [-0.39, 0.29) is 30.1 Å². The maximum absolute atomic E-state index is 14.3. The summed E-state index contributed by atoms with van der Waals surface area (Å²) in [6.07, 6.45) is 0.151. The van der Waals surface area contributed by atoms with Crippen LogP contribution >= 0.6 is 11.3 Å². The van der Waals surface area contributed by atoms with Gasteiger partial charge in [-0.05, 0) is 43.2 Å². The summed E-state index contributed by atoms with van der Waals surface area (Å²) in [6, 6.07) is 9.52. The van der Waals surface area contributed by atoms with Crippen molar-refractivity contribution in [3.05, 3.63) is 85.9 Å². The minimum atomic E-state index is -0.599. The van der Waals surface area contributed by atoms with Gasteiger partial charge in [0.05, 0.1) is 19.0 Å². The Bertz CT molecular complexity index is 1320. The van der Waals surface area contributed by atoms with Crippen molar-refractivity contribution < 1.29 is 18.3 Å².